The van der Waals surface area contributed by atoms with Crippen LogP contribution in [-0.4, -0.2) is 5.11 Å². The van der Waals surface area contributed by atoms with Crippen LogP contribution >= 0.6 is 24.8 Å². The van der Waals surface area contributed by atoms with Crippen molar-refractivity contribution in [3.8, 4) is 5.75 Å². The Morgan fingerprint density at radius 2 is 1.76 bits per heavy atom. The van der Waals surface area contributed by atoms with Crippen LogP contribution < -0.4 is 0 Å². The van der Waals surface area contributed by atoms with E-state index < -0.39 is 0 Å². The van der Waals surface area contributed by atoms with E-state index in [-0.39, 0.29) is 24.8 Å². The molecule has 0 amide bonds. The van der Waals surface area contributed by atoms with Gasteiger partial charge < -0.3 is 5.11 Å². The van der Waals surface area contributed by atoms with E-state index in [1.54, 1.807) is 6.07 Å². The van der Waals surface area contributed by atoms with Crippen molar-refractivity contribution in [3.05, 3.63) is 42.0 Å². The maximum atomic E-state index is 9.43. The Hall–Kier alpha value is -0.920. The first-order valence-corrected chi connectivity index (χ1v) is 5.56. The fourth-order valence-electron chi connectivity index (χ4n) is 2.37. The molecule has 3 rings (SSSR count). The summed E-state index contributed by atoms with van der Waals surface area (Å²) in [5.41, 5.74) is 1.46. The van der Waals surface area contributed by atoms with E-state index in [9.17, 15) is 5.11 Å². The Bertz CT molecular complexity index is 507. The molecule has 0 aliphatic heterocycles. The molecule has 1 nitrogen and oxygen atoms in total. The van der Waals surface area contributed by atoms with Crippen molar-refractivity contribution in [2.24, 2.45) is 0 Å². The summed E-state index contributed by atoms with van der Waals surface area (Å²) >= 11 is 0. The second-order valence-corrected chi connectivity index (χ2v) is 4.38. The minimum absolute atomic E-state index is 0. The molecular weight excluding hydrogens is 255 g/mol. The second kappa shape index (κ2) is 5.61. The van der Waals surface area contributed by atoms with Gasteiger partial charge in [0.15, 0.2) is 0 Å². The summed E-state index contributed by atoms with van der Waals surface area (Å²) in [6.07, 6.45) is 4.00. The second-order valence-electron chi connectivity index (χ2n) is 4.38. The van der Waals surface area contributed by atoms with Crippen LogP contribution in [0, 0.1) is 0 Å². The molecule has 2 aromatic rings. The molecule has 1 N–H and O–H groups in total. The molecule has 3 heteroatoms. The van der Waals surface area contributed by atoms with Gasteiger partial charge in [-0.1, -0.05) is 30.7 Å². The summed E-state index contributed by atoms with van der Waals surface area (Å²) in [6.45, 7) is 0. The lowest BCUT2D eigenvalue weighted by atomic mass is 9.78. The van der Waals surface area contributed by atoms with Gasteiger partial charge in [-0.25, -0.2) is 0 Å². The molecule has 1 aliphatic rings. The highest BCUT2D eigenvalue weighted by Crippen LogP contribution is 2.39. The third kappa shape index (κ3) is 2.51. The van der Waals surface area contributed by atoms with Gasteiger partial charge in [0.05, 0.1) is 0 Å². The Labute approximate surface area is 114 Å². The molecule has 1 fully saturated rings. The number of hydrogen-bond donors (Lipinski definition) is 1. The molecule has 2 aromatic carbocycles. The van der Waals surface area contributed by atoms with Crippen molar-refractivity contribution in [1.29, 1.82) is 0 Å². The normalized spacial score (nSPS) is 14.6. The summed E-state index contributed by atoms with van der Waals surface area (Å²) in [5.74, 6) is 1.10. The van der Waals surface area contributed by atoms with E-state index in [1.165, 1.54) is 30.2 Å². The highest BCUT2D eigenvalue weighted by Gasteiger charge is 2.20. The minimum Gasteiger partial charge on any atom is -0.508 e. The number of fused-ring (bicyclic) bond motifs is 1. The third-order valence-corrected chi connectivity index (χ3v) is 3.44. The molecule has 0 aromatic heterocycles. The van der Waals surface area contributed by atoms with E-state index in [1.807, 2.05) is 12.1 Å². The first kappa shape index (κ1) is 14.1. The van der Waals surface area contributed by atoms with Crippen molar-refractivity contribution < 1.29 is 5.11 Å². The SMILES string of the molecule is Cl.Cl.Oc1ccc2c(C3CCC3)cccc2c1. The average molecular weight is 271 g/mol. The Kier molecular flexibility index (Phi) is 4.67. The van der Waals surface area contributed by atoms with Gasteiger partial charge in [-0.15, -0.1) is 24.8 Å². The van der Waals surface area contributed by atoms with Crippen LogP contribution in [0.4, 0.5) is 0 Å². The van der Waals surface area contributed by atoms with Gasteiger partial charge >= 0.3 is 0 Å². The number of hydrogen-bond acceptors (Lipinski definition) is 1. The smallest absolute Gasteiger partial charge is 0.116 e. The number of phenolic OH excluding ortho intramolecular Hbond substituents is 1. The lowest BCUT2D eigenvalue weighted by Crippen LogP contribution is -2.08. The Morgan fingerprint density at radius 3 is 2.41 bits per heavy atom. The summed E-state index contributed by atoms with van der Waals surface area (Å²) in [5, 5.41) is 11.9. The molecule has 0 atom stereocenters. The van der Waals surface area contributed by atoms with Crippen molar-refractivity contribution >= 4 is 35.6 Å². The van der Waals surface area contributed by atoms with Gasteiger partial charge in [-0.3, -0.25) is 0 Å². The minimum atomic E-state index is 0. The zero-order valence-corrected chi connectivity index (χ0v) is 11.1. The molecule has 0 heterocycles. The largest absolute Gasteiger partial charge is 0.508 e. The monoisotopic (exact) mass is 270 g/mol. The van der Waals surface area contributed by atoms with Gasteiger partial charge in [0.2, 0.25) is 0 Å². The molecule has 1 aliphatic carbocycles. The number of phenols is 1. The number of aromatic hydroxyl groups is 1. The highest BCUT2D eigenvalue weighted by atomic mass is 35.5. The lowest BCUT2D eigenvalue weighted by Gasteiger charge is -2.27. The van der Waals surface area contributed by atoms with Crippen molar-refractivity contribution in [3.63, 3.8) is 0 Å². The maximum Gasteiger partial charge on any atom is 0.116 e. The fraction of sp³-hybridized carbons (Fsp3) is 0.286. The van der Waals surface area contributed by atoms with Crippen molar-refractivity contribution in [1.82, 2.24) is 0 Å². The van der Waals surface area contributed by atoms with E-state index in [4.69, 9.17) is 0 Å². The first-order valence-electron chi connectivity index (χ1n) is 5.56. The quantitative estimate of drug-likeness (QED) is 0.800. The van der Waals surface area contributed by atoms with Gasteiger partial charge in [0.25, 0.3) is 0 Å². The van der Waals surface area contributed by atoms with Crippen LogP contribution in [0.1, 0.15) is 30.7 Å². The first-order chi connectivity index (χ1) is 7.34. The van der Waals surface area contributed by atoms with Gasteiger partial charge in [-0.05, 0) is 47.2 Å². The Balaban J connectivity index is 0.000000722. The standard InChI is InChI=1S/C14H14O.2ClH/c15-12-7-8-14-11(9-12)5-2-6-13(14)10-3-1-4-10;;/h2,5-10,15H,1,3-4H2;2*1H. The maximum absolute atomic E-state index is 9.43. The molecule has 17 heavy (non-hydrogen) atoms. The van der Waals surface area contributed by atoms with Crippen LogP contribution in [0.5, 0.6) is 5.75 Å². The van der Waals surface area contributed by atoms with E-state index in [0.717, 1.165) is 11.3 Å². The number of rotatable bonds is 1. The molecule has 0 bridgehead atoms. The molecule has 92 valence electrons. The molecular formula is C14H16Cl2O. The van der Waals surface area contributed by atoms with E-state index in [0.29, 0.717) is 5.75 Å². The third-order valence-electron chi connectivity index (χ3n) is 3.44. The summed E-state index contributed by atoms with van der Waals surface area (Å²) < 4.78 is 0. The number of halogens is 2. The van der Waals surface area contributed by atoms with Gasteiger partial charge in [0.1, 0.15) is 5.75 Å². The Morgan fingerprint density at radius 1 is 1.00 bits per heavy atom. The van der Waals surface area contributed by atoms with E-state index in [2.05, 4.69) is 18.2 Å². The van der Waals surface area contributed by atoms with Crippen LogP contribution in [0.2, 0.25) is 0 Å². The topological polar surface area (TPSA) is 20.2 Å². The summed E-state index contributed by atoms with van der Waals surface area (Å²) in [7, 11) is 0. The summed E-state index contributed by atoms with van der Waals surface area (Å²) in [4.78, 5) is 0. The molecule has 0 spiro atoms. The zero-order valence-electron chi connectivity index (χ0n) is 9.43. The van der Waals surface area contributed by atoms with Gasteiger partial charge in [-0.2, -0.15) is 0 Å². The van der Waals surface area contributed by atoms with E-state index >= 15 is 0 Å². The van der Waals surface area contributed by atoms with Crippen LogP contribution in [0.25, 0.3) is 10.8 Å². The lowest BCUT2D eigenvalue weighted by molar-refractivity contribution is 0.422. The molecule has 1 saturated carbocycles. The molecule has 0 saturated heterocycles. The van der Waals surface area contributed by atoms with Crippen LogP contribution in [0.3, 0.4) is 0 Å². The summed E-state index contributed by atoms with van der Waals surface area (Å²) in [6, 6.07) is 12.1. The predicted octanol–water partition coefficient (Wildman–Crippen LogP) is 4.66. The molecule has 0 radical (unpaired) electrons. The molecule has 0 unspecified atom stereocenters. The number of benzene rings is 2. The van der Waals surface area contributed by atoms with Crippen molar-refractivity contribution in [2.45, 2.75) is 25.2 Å². The highest BCUT2D eigenvalue weighted by molar-refractivity contribution is 5.87. The fourth-order valence-corrected chi connectivity index (χ4v) is 2.37. The zero-order chi connectivity index (χ0) is 10.3. The predicted molar refractivity (Wildman–Crippen MR) is 76.7 cm³/mol. The van der Waals surface area contributed by atoms with Crippen LogP contribution in [-0.2, 0) is 0 Å². The van der Waals surface area contributed by atoms with Gasteiger partial charge in [0, 0.05) is 0 Å². The average Bonchev–Trinajstić information content (AvgIpc) is 2.15. The van der Waals surface area contributed by atoms with Crippen molar-refractivity contribution in [2.75, 3.05) is 0 Å². The van der Waals surface area contributed by atoms with Crippen LogP contribution in [0.15, 0.2) is 36.4 Å².